The molecule has 0 bridgehead atoms. The maximum absolute atomic E-state index is 11.9. The number of hydrogen-bond acceptors (Lipinski definition) is 5. The average molecular weight is 327 g/mol. The Hall–Kier alpha value is -0.630. The smallest absolute Gasteiger partial charge is 0.239 e. The third kappa shape index (κ3) is 6.91. The van der Waals surface area contributed by atoms with Crippen molar-refractivity contribution < 1.29 is 13.2 Å². The van der Waals surface area contributed by atoms with Crippen LogP contribution in [0.2, 0.25) is 0 Å². The lowest BCUT2D eigenvalue weighted by Gasteiger charge is -2.20. The Morgan fingerprint density at radius 1 is 1.53 bits per heavy atom. The molecule has 0 aliphatic rings. The highest BCUT2D eigenvalue weighted by Crippen LogP contribution is 2.11. The van der Waals surface area contributed by atoms with Crippen molar-refractivity contribution in [3.8, 4) is 0 Å². The first kappa shape index (κ1) is 18.4. The molecule has 19 heavy (non-hydrogen) atoms. The van der Waals surface area contributed by atoms with E-state index < -0.39 is 15.9 Å². The van der Waals surface area contributed by atoms with Crippen LogP contribution in [-0.4, -0.2) is 44.3 Å². The zero-order chi connectivity index (χ0) is 13.8. The van der Waals surface area contributed by atoms with Gasteiger partial charge in [-0.15, -0.1) is 23.7 Å². The number of rotatable bonds is 6. The van der Waals surface area contributed by atoms with Crippen molar-refractivity contribution in [2.24, 2.45) is 5.73 Å². The second-order valence-corrected chi connectivity index (χ2v) is 7.59. The maximum Gasteiger partial charge on any atom is 0.239 e. The first-order valence-corrected chi connectivity index (χ1v) is 8.44. The molecule has 0 aromatic carbocycles. The molecule has 110 valence electrons. The zero-order valence-corrected chi connectivity index (χ0v) is 13.4. The van der Waals surface area contributed by atoms with Crippen molar-refractivity contribution in [2.75, 3.05) is 19.1 Å². The van der Waals surface area contributed by atoms with Crippen molar-refractivity contribution >= 4 is 39.5 Å². The molecule has 1 rings (SSSR count). The molecule has 0 radical (unpaired) electrons. The van der Waals surface area contributed by atoms with Crippen LogP contribution in [0.25, 0.3) is 0 Å². The van der Waals surface area contributed by atoms with Gasteiger partial charge >= 0.3 is 0 Å². The summed E-state index contributed by atoms with van der Waals surface area (Å²) in [6.45, 7) is 0.503. The molecule has 0 spiro atoms. The molecule has 8 heteroatoms. The molecule has 1 atom stereocenters. The topological polar surface area (TPSA) is 80.5 Å². The Morgan fingerprint density at radius 3 is 2.63 bits per heavy atom. The van der Waals surface area contributed by atoms with E-state index in [0.717, 1.165) is 11.1 Å². The summed E-state index contributed by atoms with van der Waals surface area (Å²) in [5.74, 6) is -0.292. The Balaban J connectivity index is 0.00000324. The van der Waals surface area contributed by atoms with E-state index in [-0.39, 0.29) is 30.5 Å². The SMILES string of the molecule is CN(Cc1cccs1)C(=O)C(N)CCS(C)(=O)=O.Cl. The predicted molar refractivity (Wildman–Crippen MR) is 80.3 cm³/mol. The number of amides is 1. The molecule has 1 unspecified atom stereocenters. The number of sulfone groups is 1. The number of carbonyl (C=O) groups is 1. The van der Waals surface area contributed by atoms with Crippen LogP contribution in [-0.2, 0) is 21.2 Å². The molecule has 5 nitrogen and oxygen atoms in total. The minimum Gasteiger partial charge on any atom is -0.339 e. The minimum atomic E-state index is -3.08. The van der Waals surface area contributed by atoms with Crippen LogP contribution in [0, 0.1) is 0 Å². The van der Waals surface area contributed by atoms with Gasteiger partial charge in [0.05, 0.1) is 18.3 Å². The zero-order valence-electron chi connectivity index (χ0n) is 10.9. The molecular weight excluding hydrogens is 308 g/mol. The molecule has 1 heterocycles. The Morgan fingerprint density at radius 2 is 2.16 bits per heavy atom. The summed E-state index contributed by atoms with van der Waals surface area (Å²) in [6.07, 6.45) is 1.30. The van der Waals surface area contributed by atoms with Gasteiger partial charge in [0.1, 0.15) is 9.84 Å². The van der Waals surface area contributed by atoms with Crippen LogP contribution >= 0.6 is 23.7 Å². The van der Waals surface area contributed by atoms with Crippen LogP contribution in [0.5, 0.6) is 0 Å². The van der Waals surface area contributed by atoms with Crippen LogP contribution < -0.4 is 5.73 Å². The molecule has 1 aromatic heterocycles. The van der Waals surface area contributed by atoms with Crippen LogP contribution in [0.4, 0.5) is 0 Å². The maximum atomic E-state index is 11.9. The van der Waals surface area contributed by atoms with Gasteiger partial charge in [-0.25, -0.2) is 8.42 Å². The number of thiophene rings is 1. The van der Waals surface area contributed by atoms with E-state index in [4.69, 9.17) is 5.73 Å². The predicted octanol–water partition coefficient (Wildman–Crippen LogP) is 0.890. The van der Waals surface area contributed by atoms with E-state index in [1.54, 1.807) is 18.4 Å². The lowest BCUT2D eigenvalue weighted by atomic mass is 10.2. The van der Waals surface area contributed by atoms with E-state index in [2.05, 4.69) is 0 Å². The normalized spacial score (nSPS) is 12.6. The molecule has 0 aliphatic heterocycles. The summed E-state index contributed by atoms with van der Waals surface area (Å²) in [5.41, 5.74) is 5.70. The van der Waals surface area contributed by atoms with E-state index in [1.165, 1.54) is 4.90 Å². The third-order valence-corrected chi connectivity index (χ3v) is 4.30. The molecule has 2 N–H and O–H groups in total. The van der Waals surface area contributed by atoms with E-state index in [0.29, 0.717) is 6.54 Å². The second-order valence-electron chi connectivity index (χ2n) is 4.30. The summed E-state index contributed by atoms with van der Waals surface area (Å²) >= 11 is 1.57. The average Bonchev–Trinajstić information content (AvgIpc) is 2.76. The van der Waals surface area contributed by atoms with Gasteiger partial charge in [-0.1, -0.05) is 6.07 Å². The largest absolute Gasteiger partial charge is 0.339 e. The van der Waals surface area contributed by atoms with Gasteiger partial charge in [0.2, 0.25) is 5.91 Å². The summed E-state index contributed by atoms with van der Waals surface area (Å²) in [5, 5.41) is 1.94. The Kier molecular flexibility index (Phi) is 7.58. The van der Waals surface area contributed by atoms with Crippen LogP contribution in [0.3, 0.4) is 0 Å². The van der Waals surface area contributed by atoms with Gasteiger partial charge in [-0.2, -0.15) is 0 Å². The lowest BCUT2D eigenvalue weighted by molar-refractivity contribution is -0.131. The molecule has 0 saturated heterocycles. The molecule has 0 fully saturated rings. The van der Waals surface area contributed by atoms with Gasteiger partial charge in [0.15, 0.2) is 0 Å². The summed E-state index contributed by atoms with van der Waals surface area (Å²) in [4.78, 5) is 14.5. The fraction of sp³-hybridized carbons (Fsp3) is 0.545. The van der Waals surface area contributed by atoms with Crippen LogP contribution in [0.1, 0.15) is 11.3 Å². The molecule has 1 amide bonds. The van der Waals surface area contributed by atoms with Gasteiger partial charge in [0, 0.05) is 18.2 Å². The standard InChI is InChI=1S/C11H18N2O3S2.ClH/c1-13(8-9-4-3-6-17-9)11(14)10(12)5-7-18(2,15)16;/h3-4,6,10H,5,7-8,12H2,1-2H3;1H. The number of likely N-dealkylation sites (N-methyl/N-ethyl adjacent to an activating group) is 1. The van der Waals surface area contributed by atoms with E-state index >= 15 is 0 Å². The summed E-state index contributed by atoms with van der Waals surface area (Å²) in [7, 11) is -1.41. The van der Waals surface area contributed by atoms with E-state index in [9.17, 15) is 13.2 Å². The van der Waals surface area contributed by atoms with Gasteiger partial charge in [-0.3, -0.25) is 4.79 Å². The number of nitrogens with zero attached hydrogens (tertiary/aromatic N) is 1. The first-order valence-electron chi connectivity index (χ1n) is 5.50. The van der Waals surface area contributed by atoms with Crippen molar-refractivity contribution in [3.63, 3.8) is 0 Å². The van der Waals surface area contributed by atoms with Gasteiger partial charge < -0.3 is 10.6 Å². The quantitative estimate of drug-likeness (QED) is 0.842. The number of nitrogens with two attached hydrogens (primary N) is 1. The van der Waals surface area contributed by atoms with Gasteiger partial charge in [-0.05, 0) is 17.9 Å². The number of hydrogen-bond donors (Lipinski definition) is 1. The van der Waals surface area contributed by atoms with Crippen molar-refractivity contribution in [1.29, 1.82) is 0 Å². The molecular formula is C11H19ClN2O3S2. The van der Waals surface area contributed by atoms with Crippen LogP contribution in [0.15, 0.2) is 17.5 Å². The fourth-order valence-electron chi connectivity index (χ4n) is 1.46. The molecule has 0 aliphatic carbocycles. The second kappa shape index (κ2) is 7.84. The highest BCUT2D eigenvalue weighted by molar-refractivity contribution is 7.90. The fourth-order valence-corrected chi connectivity index (χ4v) is 2.90. The Bertz CT molecular complexity index is 488. The molecule has 0 saturated carbocycles. The lowest BCUT2D eigenvalue weighted by Crippen LogP contribution is -2.42. The van der Waals surface area contributed by atoms with Crippen molar-refractivity contribution in [2.45, 2.75) is 19.0 Å². The first-order chi connectivity index (χ1) is 8.29. The van der Waals surface area contributed by atoms with Crippen molar-refractivity contribution in [1.82, 2.24) is 4.90 Å². The van der Waals surface area contributed by atoms with Crippen molar-refractivity contribution in [3.05, 3.63) is 22.4 Å². The number of carbonyl (C=O) groups excluding carboxylic acids is 1. The highest BCUT2D eigenvalue weighted by atomic mass is 35.5. The summed E-state index contributed by atoms with van der Waals surface area (Å²) < 4.78 is 22.0. The monoisotopic (exact) mass is 326 g/mol. The summed E-state index contributed by atoms with van der Waals surface area (Å²) in [6, 6.07) is 3.10. The minimum absolute atomic E-state index is 0. The van der Waals surface area contributed by atoms with E-state index in [1.807, 2.05) is 17.5 Å². The molecule has 1 aromatic rings. The highest BCUT2D eigenvalue weighted by Gasteiger charge is 2.19. The number of halogens is 1. The van der Waals surface area contributed by atoms with Gasteiger partial charge in [0.25, 0.3) is 0 Å². The Labute approximate surface area is 124 Å². The third-order valence-electron chi connectivity index (χ3n) is 2.47.